The minimum absolute atomic E-state index is 0.0521. The second kappa shape index (κ2) is 24.8. The zero-order chi connectivity index (χ0) is 44.3. The van der Waals surface area contributed by atoms with Gasteiger partial charge < -0.3 is 28.4 Å². The molecule has 1 aliphatic heterocycles. The Morgan fingerprint density at radius 2 is 0.903 bits per heavy atom. The molecule has 338 valence electrons. The quantitative estimate of drug-likeness (QED) is 0.0338. The van der Waals surface area contributed by atoms with Gasteiger partial charge in [0.25, 0.3) is 0 Å². The number of unbranched alkanes of at least 4 members (excludes halogenated alkanes) is 10. The number of rotatable bonds is 27. The Bertz CT molecular complexity index is 1890. The van der Waals surface area contributed by atoms with Crippen LogP contribution in [0.25, 0.3) is 22.3 Å². The van der Waals surface area contributed by atoms with Crippen LogP contribution in [0.15, 0.2) is 73.3 Å². The van der Waals surface area contributed by atoms with Gasteiger partial charge in [-0.25, -0.2) is 17.6 Å². The number of benzene rings is 4. The van der Waals surface area contributed by atoms with Crippen LogP contribution in [-0.4, -0.2) is 45.4 Å². The molecule has 0 aromatic heterocycles. The van der Waals surface area contributed by atoms with Crippen molar-refractivity contribution < 1.29 is 54.8 Å². The zero-order valence-corrected chi connectivity index (χ0v) is 36.0. The molecule has 0 aliphatic carbocycles. The maximum Gasteiger partial charge on any atom is 0.201 e. The molecule has 4 aromatic rings. The lowest BCUT2D eigenvalue weighted by molar-refractivity contribution is -0.285. The summed E-state index contributed by atoms with van der Waals surface area (Å²) in [6.45, 7) is 9.66. The monoisotopic (exact) mass is 870 g/mol. The smallest absolute Gasteiger partial charge is 0.201 e. The molecule has 0 bridgehead atoms. The molecule has 0 spiro atoms. The van der Waals surface area contributed by atoms with Gasteiger partial charge in [0.15, 0.2) is 28.9 Å². The van der Waals surface area contributed by atoms with Gasteiger partial charge in [0.05, 0.1) is 39.6 Å². The first-order valence-corrected chi connectivity index (χ1v) is 22.1. The van der Waals surface area contributed by atoms with E-state index in [-0.39, 0.29) is 52.9 Å². The van der Waals surface area contributed by atoms with Gasteiger partial charge in [-0.05, 0) is 88.1 Å². The van der Waals surface area contributed by atoms with E-state index < -0.39 is 40.7 Å². The highest BCUT2D eigenvalue weighted by atomic mass is 19.2. The third-order valence-corrected chi connectivity index (χ3v) is 11.1. The van der Waals surface area contributed by atoms with Crippen molar-refractivity contribution in [2.24, 2.45) is 5.92 Å². The number of halogens is 6. The van der Waals surface area contributed by atoms with Crippen molar-refractivity contribution in [3.8, 4) is 45.3 Å². The molecule has 62 heavy (non-hydrogen) atoms. The van der Waals surface area contributed by atoms with Gasteiger partial charge in [0, 0.05) is 53.1 Å². The van der Waals surface area contributed by atoms with Crippen LogP contribution in [0.3, 0.4) is 0 Å². The van der Waals surface area contributed by atoms with E-state index in [0.29, 0.717) is 37.9 Å². The van der Waals surface area contributed by atoms with Crippen molar-refractivity contribution >= 4 is 0 Å². The van der Waals surface area contributed by atoms with E-state index in [1.807, 2.05) is 6.08 Å². The summed E-state index contributed by atoms with van der Waals surface area (Å²) in [5, 5.41) is 0. The molecular formula is C50H60F6O6. The molecule has 4 aromatic carbocycles. The van der Waals surface area contributed by atoms with Gasteiger partial charge in [-0.1, -0.05) is 57.4 Å². The fourth-order valence-electron chi connectivity index (χ4n) is 7.57. The Hall–Kier alpha value is -4.68. The number of hydrogen-bond acceptors (Lipinski definition) is 6. The van der Waals surface area contributed by atoms with E-state index in [1.54, 1.807) is 26.0 Å². The summed E-state index contributed by atoms with van der Waals surface area (Å²) in [6.07, 6.45) is 15.4. The van der Waals surface area contributed by atoms with E-state index in [0.717, 1.165) is 89.9 Å². The van der Waals surface area contributed by atoms with Gasteiger partial charge in [0.2, 0.25) is 11.6 Å². The molecule has 12 heteroatoms. The van der Waals surface area contributed by atoms with Crippen LogP contribution in [-0.2, 0) is 9.47 Å². The molecule has 0 amide bonds. The predicted octanol–water partition coefficient (Wildman–Crippen LogP) is 14.1. The normalized spacial score (nSPS) is 13.9. The fourth-order valence-corrected chi connectivity index (χ4v) is 7.57. The first-order valence-electron chi connectivity index (χ1n) is 22.1. The first-order chi connectivity index (χ1) is 30.1. The van der Waals surface area contributed by atoms with Crippen molar-refractivity contribution in [3.63, 3.8) is 0 Å². The van der Waals surface area contributed by atoms with Crippen LogP contribution in [0.1, 0.15) is 104 Å². The summed E-state index contributed by atoms with van der Waals surface area (Å²) in [7, 11) is 0. The third kappa shape index (κ3) is 13.7. The van der Waals surface area contributed by atoms with Gasteiger partial charge in [0.1, 0.15) is 23.1 Å². The number of hydrogen-bond donors (Lipinski definition) is 0. The average molecular weight is 871 g/mol. The third-order valence-electron chi connectivity index (χ3n) is 11.1. The van der Waals surface area contributed by atoms with Crippen LogP contribution in [0, 0.1) is 40.8 Å². The maximum atomic E-state index is 14.9. The van der Waals surface area contributed by atoms with E-state index in [2.05, 4.69) is 6.58 Å². The van der Waals surface area contributed by atoms with Crippen LogP contribution >= 0.6 is 0 Å². The highest BCUT2D eigenvalue weighted by Gasteiger charge is 2.36. The minimum Gasteiger partial charge on any atom is -0.493 e. The van der Waals surface area contributed by atoms with Gasteiger partial charge in [-0.15, -0.1) is 6.58 Å². The largest absolute Gasteiger partial charge is 0.493 e. The Morgan fingerprint density at radius 3 is 1.29 bits per heavy atom. The number of ether oxygens (including phenoxy) is 6. The van der Waals surface area contributed by atoms with E-state index in [1.165, 1.54) is 48.5 Å². The topological polar surface area (TPSA) is 55.4 Å². The Morgan fingerprint density at radius 1 is 0.516 bits per heavy atom. The van der Waals surface area contributed by atoms with Crippen molar-refractivity contribution in [2.75, 3.05) is 39.6 Å². The summed E-state index contributed by atoms with van der Waals surface area (Å²) in [4.78, 5) is 0. The Balaban J connectivity index is 0.931. The summed E-state index contributed by atoms with van der Waals surface area (Å²) >= 11 is 0. The minimum atomic E-state index is -1.16. The van der Waals surface area contributed by atoms with E-state index in [4.69, 9.17) is 28.4 Å². The molecule has 1 heterocycles. The molecule has 0 N–H and O–H groups in total. The van der Waals surface area contributed by atoms with E-state index >= 15 is 0 Å². The fraction of sp³-hybridized carbons (Fsp3) is 0.480. The summed E-state index contributed by atoms with van der Waals surface area (Å²) in [5.74, 6) is -6.14. The lowest BCUT2D eigenvalue weighted by atomic mass is 9.97. The SMILES string of the molecule is C=CC1COC(CCCCCCCCOc2ccc(-c3ccc(OCC)c(F)c3F)c(F)c2)(CCCCCCCCOc2ccc(-c3ccc(OCC)c(F)c3F)c(F)c2)OC1. The van der Waals surface area contributed by atoms with Gasteiger partial charge in [-0.3, -0.25) is 0 Å². The van der Waals surface area contributed by atoms with Crippen molar-refractivity contribution in [2.45, 2.75) is 110 Å². The molecule has 0 unspecified atom stereocenters. The summed E-state index contributed by atoms with van der Waals surface area (Å²) < 4.78 is 122. The van der Waals surface area contributed by atoms with Crippen molar-refractivity contribution in [1.29, 1.82) is 0 Å². The maximum absolute atomic E-state index is 14.9. The molecule has 1 aliphatic rings. The van der Waals surface area contributed by atoms with Crippen LogP contribution in [0.4, 0.5) is 26.3 Å². The molecule has 6 nitrogen and oxygen atoms in total. The molecule has 0 radical (unpaired) electrons. The van der Waals surface area contributed by atoms with Crippen molar-refractivity contribution in [1.82, 2.24) is 0 Å². The van der Waals surface area contributed by atoms with Crippen LogP contribution in [0.2, 0.25) is 0 Å². The van der Waals surface area contributed by atoms with Gasteiger partial charge in [-0.2, -0.15) is 8.78 Å². The average Bonchev–Trinajstić information content (AvgIpc) is 3.27. The lowest BCUT2D eigenvalue weighted by Crippen LogP contribution is -2.43. The summed E-state index contributed by atoms with van der Waals surface area (Å²) in [5.41, 5.74) is -0.462. The van der Waals surface area contributed by atoms with E-state index in [9.17, 15) is 26.3 Å². The zero-order valence-electron chi connectivity index (χ0n) is 36.0. The molecule has 1 saturated heterocycles. The molecule has 0 saturated carbocycles. The highest BCUT2D eigenvalue weighted by Crippen LogP contribution is 2.36. The standard InChI is InChI=1S/C50H60F6O6/c1-4-35-33-61-50(62-34-35,27-15-11-7-9-13-17-29-59-36-19-21-38(42(51)31-36)40-23-25-44(57-5-2)48(55)46(40)53)28-16-12-8-10-14-18-30-60-37-20-22-39(43(52)32-37)41-24-26-45(58-6-3)49(56)47(41)54/h4,19-26,31-32,35H,1,5-18,27-30,33-34H2,2-3H3. The second-order valence-electron chi connectivity index (χ2n) is 15.6. The predicted molar refractivity (Wildman–Crippen MR) is 230 cm³/mol. The van der Waals surface area contributed by atoms with Crippen LogP contribution in [0.5, 0.6) is 23.0 Å². The second-order valence-corrected chi connectivity index (χ2v) is 15.6. The Labute approximate surface area is 362 Å². The highest BCUT2D eigenvalue weighted by molar-refractivity contribution is 5.68. The molecule has 5 rings (SSSR count). The lowest BCUT2D eigenvalue weighted by Gasteiger charge is -2.40. The Kier molecular flexibility index (Phi) is 19.4. The molecule has 1 fully saturated rings. The molecular weight excluding hydrogens is 811 g/mol. The summed E-state index contributed by atoms with van der Waals surface area (Å²) in [6, 6.07) is 13.5. The van der Waals surface area contributed by atoms with Gasteiger partial charge >= 0.3 is 0 Å². The first kappa shape index (κ1) is 48.4. The molecule has 0 atom stereocenters. The van der Waals surface area contributed by atoms with Crippen LogP contribution < -0.4 is 18.9 Å². The van der Waals surface area contributed by atoms with Crippen molar-refractivity contribution in [3.05, 3.63) is 108 Å².